The van der Waals surface area contributed by atoms with Crippen molar-refractivity contribution in [3.8, 4) is 0 Å². The molecule has 0 saturated carbocycles. The first-order chi connectivity index (χ1) is 7.19. The minimum Gasteiger partial charge on any atom is -0.352 e. The van der Waals surface area contributed by atoms with Gasteiger partial charge in [-0.25, -0.2) is 9.37 Å². The van der Waals surface area contributed by atoms with Crippen LogP contribution in [0.2, 0.25) is 0 Å². The summed E-state index contributed by atoms with van der Waals surface area (Å²) in [7, 11) is 0. The highest BCUT2D eigenvalue weighted by Gasteiger charge is 2.05. The molecule has 1 heterocycles. The van der Waals surface area contributed by atoms with Gasteiger partial charge in [-0.1, -0.05) is 0 Å². The number of H-pyrrole nitrogens is 1. The van der Waals surface area contributed by atoms with Gasteiger partial charge in [0.15, 0.2) is 0 Å². The monoisotopic (exact) mass is 208 g/mol. The maximum Gasteiger partial charge on any atom is 0.201 e. The number of nitrogens with zero attached hydrogens (tertiary/aromatic N) is 1. The molecule has 15 heavy (non-hydrogen) atoms. The Morgan fingerprint density at radius 3 is 3.13 bits per heavy atom. The molecule has 2 aromatic rings. The van der Waals surface area contributed by atoms with E-state index in [1.165, 1.54) is 12.1 Å². The van der Waals surface area contributed by atoms with Crippen molar-refractivity contribution in [3.63, 3.8) is 0 Å². The third-order valence-corrected chi connectivity index (χ3v) is 2.18. The van der Waals surface area contributed by atoms with Crippen LogP contribution in [0.1, 0.15) is 6.92 Å². The van der Waals surface area contributed by atoms with Crippen LogP contribution in [-0.2, 0) is 0 Å². The summed E-state index contributed by atoms with van der Waals surface area (Å²) < 4.78 is 12.9. The summed E-state index contributed by atoms with van der Waals surface area (Å²) in [6.07, 6.45) is 0. The molecule has 1 aromatic carbocycles. The fourth-order valence-corrected chi connectivity index (χ4v) is 1.34. The Bertz CT molecular complexity index is 465. The SMILES string of the molecule is CC(CN)Nc1nc2ccc(F)cc2[nH]1. The lowest BCUT2D eigenvalue weighted by Crippen LogP contribution is -2.25. The molecule has 0 saturated heterocycles. The van der Waals surface area contributed by atoms with Crippen molar-refractivity contribution in [1.29, 1.82) is 0 Å². The fourth-order valence-electron chi connectivity index (χ4n) is 1.34. The normalized spacial score (nSPS) is 13.0. The lowest BCUT2D eigenvalue weighted by atomic mass is 10.3. The summed E-state index contributed by atoms with van der Waals surface area (Å²) >= 11 is 0. The number of nitrogens with one attached hydrogen (secondary N) is 2. The number of rotatable bonds is 3. The standard InChI is InChI=1S/C10H13FN4/c1-6(5-12)13-10-14-8-3-2-7(11)4-9(8)15-10/h2-4,6H,5,12H2,1H3,(H2,13,14,15). The van der Waals surface area contributed by atoms with Gasteiger partial charge in [0, 0.05) is 12.6 Å². The number of halogens is 1. The van der Waals surface area contributed by atoms with E-state index in [9.17, 15) is 4.39 Å². The van der Waals surface area contributed by atoms with E-state index < -0.39 is 0 Å². The largest absolute Gasteiger partial charge is 0.352 e. The zero-order valence-electron chi connectivity index (χ0n) is 8.42. The van der Waals surface area contributed by atoms with Crippen LogP contribution in [0.4, 0.5) is 10.3 Å². The molecule has 0 aliphatic heterocycles. The van der Waals surface area contributed by atoms with E-state index in [-0.39, 0.29) is 11.9 Å². The lowest BCUT2D eigenvalue weighted by molar-refractivity contribution is 0.629. The fraction of sp³-hybridized carbons (Fsp3) is 0.300. The summed E-state index contributed by atoms with van der Waals surface area (Å²) in [6.45, 7) is 2.47. The average molecular weight is 208 g/mol. The Balaban J connectivity index is 2.30. The van der Waals surface area contributed by atoms with E-state index in [1.807, 2.05) is 6.92 Å². The van der Waals surface area contributed by atoms with Crippen molar-refractivity contribution >= 4 is 17.0 Å². The minimum absolute atomic E-state index is 0.135. The molecule has 5 heteroatoms. The zero-order valence-corrected chi connectivity index (χ0v) is 8.42. The molecule has 1 unspecified atom stereocenters. The van der Waals surface area contributed by atoms with Crippen LogP contribution in [0.25, 0.3) is 11.0 Å². The number of imidazole rings is 1. The van der Waals surface area contributed by atoms with Crippen molar-refractivity contribution in [2.24, 2.45) is 5.73 Å². The number of benzene rings is 1. The van der Waals surface area contributed by atoms with Crippen LogP contribution in [0.3, 0.4) is 0 Å². The van der Waals surface area contributed by atoms with Crippen LogP contribution in [-0.4, -0.2) is 22.6 Å². The summed E-state index contributed by atoms with van der Waals surface area (Å²) in [4.78, 5) is 7.24. The van der Waals surface area contributed by atoms with Crippen LogP contribution in [0.15, 0.2) is 18.2 Å². The molecule has 0 amide bonds. The van der Waals surface area contributed by atoms with Gasteiger partial charge in [-0.05, 0) is 25.1 Å². The summed E-state index contributed by atoms with van der Waals surface area (Å²) in [5.41, 5.74) is 6.90. The first kappa shape index (κ1) is 9.92. The zero-order chi connectivity index (χ0) is 10.8. The molecular weight excluding hydrogens is 195 g/mol. The van der Waals surface area contributed by atoms with Gasteiger partial charge in [0.1, 0.15) is 5.82 Å². The van der Waals surface area contributed by atoms with E-state index in [0.29, 0.717) is 18.0 Å². The van der Waals surface area contributed by atoms with Crippen LogP contribution in [0, 0.1) is 5.82 Å². The molecule has 0 aliphatic rings. The van der Waals surface area contributed by atoms with Gasteiger partial charge >= 0.3 is 0 Å². The molecule has 4 nitrogen and oxygen atoms in total. The Morgan fingerprint density at radius 1 is 1.60 bits per heavy atom. The number of hydrogen-bond donors (Lipinski definition) is 3. The van der Waals surface area contributed by atoms with Crippen LogP contribution < -0.4 is 11.1 Å². The quantitative estimate of drug-likeness (QED) is 0.715. The van der Waals surface area contributed by atoms with Crippen molar-refractivity contribution in [2.75, 3.05) is 11.9 Å². The molecule has 0 aliphatic carbocycles. The van der Waals surface area contributed by atoms with E-state index in [4.69, 9.17) is 5.73 Å². The molecule has 4 N–H and O–H groups in total. The van der Waals surface area contributed by atoms with Gasteiger partial charge in [0.25, 0.3) is 0 Å². The van der Waals surface area contributed by atoms with E-state index in [0.717, 1.165) is 5.52 Å². The third kappa shape index (κ3) is 2.07. The predicted molar refractivity (Wildman–Crippen MR) is 58.2 cm³/mol. The van der Waals surface area contributed by atoms with Crippen molar-refractivity contribution in [1.82, 2.24) is 9.97 Å². The van der Waals surface area contributed by atoms with Gasteiger partial charge in [0.2, 0.25) is 5.95 Å². The third-order valence-electron chi connectivity index (χ3n) is 2.18. The van der Waals surface area contributed by atoms with Crippen molar-refractivity contribution in [3.05, 3.63) is 24.0 Å². The molecule has 0 bridgehead atoms. The number of anilines is 1. The maximum atomic E-state index is 12.9. The molecule has 1 atom stereocenters. The van der Waals surface area contributed by atoms with E-state index in [2.05, 4.69) is 15.3 Å². The molecule has 0 fully saturated rings. The first-order valence-electron chi connectivity index (χ1n) is 4.81. The molecule has 1 aromatic heterocycles. The van der Waals surface area contributed by atoms with Gasteiger partial charge in [0.05, 0.1) is 11.0 Å². The van der Waals surface area contributed by atoms with E-state index in [1.54, 1.807) is 6.07 Å². The Kier molecular flexibility index (Phi) is 2.55. The van der Waals surface area contributed by atoms with Gasteiger partial charge in [-0.15, -0.1) is 0 Å². The van der Waals surface area contributed by atoms with Crippen LogP contribution >= 0.6 is 0 Å². The smallest absolute Gasteiger partial charge is 0.201 e. The summed E-state index contributed by atoms with van der Waals surface area (Å²) in [6, 6.07) is 4.58. The van der Waals surface area contributed by atoms with Crippen LogP contribution in [0.5, 0.6) is 0 Å². The molecule has 0 spiro atoms. The Labute approximate surface area is 86.7 Å². The second-order valence-corrected chi connectivity index (χ2v) is 3.53. The highest BCUT2D eigenvalue weighted by Crippen LogP contribution is 2.15. The molecule has 0 radical (unpaired) electrons. The summed E-state index contributed by atoms with van der Waals surface area (Å²) in [5, 5.41) is 3.09. The minimum atomic E-state index is -0.274. The number of fused-ring (bicyclic) bond motifs is 1. The average Bonchev–Trinajstić information content (AvgIpc) is 2.59. The topological polar surface area (TPSA) is 66.7 Å². The van der Waals surface area contributed by atoms with Gasteiger partial charge in [-0.2, -0.15) is 0 Å². The lowest BCUT2D eigenvalue weighted by Gasteiger charge is -2.08. The summed E-state index contributed by atoms with van der Waals surface area (Å²) in [5.74, 6) is 0.345. The number of aromatic nitrogens is 2. The van der Waals surface area contributed by atoms with E-state index >= 15 is 0 Å². The molecular formula is C10H13FN4. The second kappa shape index (κ2) is 3.86. The number of nitrogens with two attached hydrogens (primary N) is 1. The molecule has 2 rings (SSSR count). The first-order valence-corrected chi connectivity index (χ1v) is 4.81. The van der Waals surface area contributed by atoms with Crippen molar-refractivity contribution in [2.45, 2.75) is 13.0 Å². The van der Waals surface area contributed by atoms with Gasteiger partial charge < -0.3 is 16.0 Å². The number of aromatic amines is 1. The Morgan fingerprint density at radius 2 is 2.40 bits per heavy atom. The number of hydrogen-bond acceptors (Lipinski definition) is 3. The second-order valence-electron chi connectivity index (χ2n) is 3.53. The van der Waals surface area contributed by atoms with Crippen molar-refractivity contribution < 1.29 is 4.39 Å². The Hall–Kier alpha value is -1.62. The van der Waals surface area contributed by atoms with Gasteiger partial charge in [-0.3, -0.25) is 0 Å². The highest BCUT2D eigenvalue weighted by atomic mass is 19.1. The maximum absolute atomic E-state index is 12.9. The predicted octanol–water partition coefficient (Wildman–Crippen LogP) is 1.46. The molecule has 80 valence electrons. The highest BCUT2D eigenvalue weighted by molar-refractivity contribution is 5.77.